The molecule has 1 unspecified atom stereocenters. The Bertz CT molecular complexity index is 528. The quantitative estimate of drug-likeness (QED) is 0.835. The maximum Gasteiger partial charge on any atom is 0.252 e. The van der Waals surface area contributed by atoms with Crippen LogP contribution in [0, 0.1) is 0 Å². The van der Waals surface area contributed by atoms with E-state index in [1.54, 1.807) is 29.2 Å². The van der Waals surface area contributed by atoms with E-state index in [2.05, 4.69) is 5.32 Å². The van der Waals surface area contributed by atoms with E-state index in [-0.39, 0.29) is 18.2 Å². The van der Waals surface area contributed by atoms with Gasteiger partial charge in [-0.25, -0.2) is 0 Å². The average molecular weight is 320 g/mol. The molecule has 1 aromatic rings. The Balaban J connectivity index is 1.87. The highest BCUT2D eigenvalue weighted by molar-refractivity contribution is 5.95. The summed E-state index contributed by atoms with van der Waals surface area (Å²) in [5.74, 6) is 0.428. The number of hydrogen-bond acceptors (Lipinski definition) is 4. The van der Waals surface area contributed by atoms with Crippen molar-refractivity contribution < 1.29 is 19.1 Å². The van der Waals surface area contributed by atoms with Crippen LogP contribution < -0.4 is 10.1 Å². The molecule has 2 rings (SSSR count). The van der Waals surface area contributed by atoms with E-state index in [4.69, 9.17) is 9.47 Å². The van der Waals surface area contributed by atoms with Crippen LogP contribution in [-0.2, 0) is 14.3 Å². The molecule has 1 aliphatic rings. The van der Waals surface area contributed by atoms with Crippen molar-refractivity contribution >= 4 is 17.5 Å². The minimum atomic E-state index is -0.682. The molecule has 23 heavy (non-hydrogen) atoms. The molecule has 0 bridgehead atoms. The van der Waals surface area contributed by atoms with Crippen LogP contribution in [0.5, 0.6) is 5.75 Å². The van der Waals surface area contributed by atoms with Crippen molar-refractivity contribution in [2.24, 2.45) is 0 Å². The first-order chi connectivity index (χ1) is 11.1. The van der Waals surface area contributed by atoms with Gasteiger partial charge >= 0.3 is 0 Å². The van der Waals surface area contributed by atoms with Gasteiger partial charge in [0.2, 0.25) is 5.91 Å². The third-order valence-electron chi connectivity index (χ3n) is 3.58. The molecule has 6 heteroatoms. The Kier molecular flexibility index (Phi) is 6.40. The second-order valence-corrected chi connectivity index (χ2v) is 5.39. The second-order valence-electron chi connectivity index (χ2n) is 5.39. The van der Waals surface area contributed by atoms with E-state index in [1.807, 2.05) is 13.8 Å². The van der Waals surface area contributed by atoms with Gasteiger partial charge in [-0.3, -0.25) is 9.59 Å². The Labute approximate surface area is 136 Å². The molecule has 126 valence electrons. The van der Waals surface area contributed by atoms with Gasteiger partial charge in [0, 0.05) is 18.8 Å². The number of benzene rings is 1. The second kappa shape index (κ2) is 8.53. The van der Waals surface area contributed by atoms with Crippen LogP contribution in [-0.4, -0.2) is 49.1 Å². The van der Waals surface area contributed by atoms with Gasteiger partial charge in [0.1, 0.15) is 11.9 Å². The monoisotopic (exact) mass is 320 g/mol. The highest BCUT2D eigenvalue weighted by Gasteiger charge is 2.30. The zero-order valence-corrected chi connectivity index (χ0v) is 13.7. The van der Waals surface area contributed by atoms with Crippen molar-refractivity contribution in [2.75, 3.05) is 31.6 Å². The molecule has 1 heterocycles. The molecule has 0 aromatic heterocycles. The van der Waals surface area contributed by atoms with Crippen molar-refractivity contribution in [3.8, 4) is 5.75 Å². The predicted octanol–water partition coefficient (Wildman–Crippen LogP) is 2.05. The van der Waals surface area contributed by atoms with Crippen LogP contribution >= 0.6 is 0 Å². The van der Waals surface area contributed by atoms with Gasteiger partial charge in [-0.05, 0) is 37.6 Å². The fourth-order valence-corrected chi connectivity index (χ4v) is 2.51. The number of carbonyl (C=O) groups is 2. The molecule has 0 aliphatic carbocycles. The number of nitrogens with zero attached hydrogens (tertiary/aromatic N) is 1. The first-order valence-corrected chi connectivity index (χ1v) is 8.07. The van der Waals surface area contributed by atoms with Gasteiger partial charge in [-0.2, -0.15) is 0 Å². The van der Waals surface area contributed by atoms with Crippen molar-refractivity contribution in [2.45, 2.75) is 32.8 Å². The average Bonchev–Trinajstić information content (AvgIpc) is 2.53. The summed E-state index contributed by atoms with van der Waals surface area (Å²) >= 11 is 0. The lowest BCUT2D eigenvalue weighted by atomic mass is 10.1. The first-order valence-electron chi connectivity index (χ1n) is 8.07. The maximum absolute atomic E-state index is 12.2. The van der Waals surface area contributed by atoms with Gasteiger partial charge in [-0.15, -0.1) is 0 Å². The Morgan fingerprint density at radius 1 is 1.35 bits per heavy atom. The minimum absolute atomic E-state index is 0.0340. The molecule has 0 saturated carbocycles. The largest absolute Gasteiger partial charge is 0.494 e. The summed E-state index contributed by atoms with van der Waals surface area (Å²) in [5.41, 5.74) is 0.673. The number of rotatable bonds is 7. The lowest BCUT2D eigenvalue weighted by molar-refractivity contribution is -0.155. The van der Waals surface area contributed by atoms with Crippen molar-refractivity contribution in [1.82, 2.24) is 4.90 Å². The minimum Gasteiger partial charge on any atom is -0.494 e. The van der Waals surface area contributed by atoms with E-state index in [0.717, 1.165) is 12.2 Å². The van der Waals surface area contributed by atoms with E-state index in [1.165, 1.54) is 0 Å². The fraction of sp³-hybridized carbons (Fsp3) is 0.529. The van der Waals surface area contributed by atoms with Gasteiger partial charge in [0.15, 0.2) is 0 Å². The number of ether oxygens (including phenoxy) is 2. The molecule has 0 spiro atoms. The van der Waals surface area contributed by atoms with E-state index in [0.29, 0.717) is 32.0 Å². The van der Waals surface area contributed by atoms with Crippen molar-refractivity contribution in [3.63, 3.8) is 0 Å². The highest BCUT2D eigenvalue weighted by atomic mass is 16.5. The van der Waals surface area contributed by atoms with Crippen LogP contribution in [0.15, 0.2) is 24.3 Å². The van der Waals surface area contributed by atoms with Crippen LogP contribution in [0.4, 0.5) is 5.69 Å². The molecule has 1 N–H and O–H groups in total. The van der Waals surface area contributed by atoms with Gasteiger partial charge in [0.25, 0.3) is 5.91 Å². The molecule has 2 amide bonds. The SMILES string of the molecule is CCCN1CCOC(CC(=O)Nc2ccc(OCC)cc2)C1=O. The molecular formula is C17H24N2O4. The van der Waals surface area contributed by atoms with Crippen LogP contribution in [0.2, 0.25) is 0 Å². The maximum atomic E-state index is 12.2. The lowest BCUT2D eigenvalue weighted by Gasteiger charge is -2.32. The van der Waals surface area contributed by atoms with Crippen molar-refractivity contribution in [3.05, 3.63) is 24.3 Å². The standard InChI is InChI=1S/C17H24N2O4/c1-3-9-19-10-11-23-15(17(19)21)12-16(20)18-13-5-7-14(8-6-13)22-4-2/h5-8,15H,3-4,9-12H2,1-2H3,(H,18,20). The summed E-state index contributed by atoms with van der Waals surface area (Å²) in [7, 11) is 0. The van der Waals surface area contributed by atoms with Crippen LogP contribution in [0.1, 0.15) is 26.7 Å². The van der Waals surface area contributed by atoms with Gasteiger partial charge in [0.05, 0.1) is 19.6 Å². The summed E-state index contributed by atoms with van der Waals surface area (Å²) in [4.78, 5) is 26.1. The molecule has 1 atom stereocenters. The van der Waals surface area contributed by atoms with E-state index < -0.39 is 6.10 Å². The smallest absolute Gasteiger partial charge is 0.252 e. The zero-order valence-electron chi connectivity index (χ0n) is 13.7. The Morgan fingerprint density at radius 3 is 2.74 bits per heavy atom. The normalized spacial score (nSPS) is 17.9. The molecule has 1 aromatic carbocycles. The van der Waals surface area contributed by atoms with E-state index >= 15 is 0 Å². The molecule has 1 aliphatic heterocycles. The zero-order chi connectivity index (χ0) is 16.7. The first kappa shape index (κ1) is 17.3. The number of nitrogens with one attached hydrogen (secondary N) is 1. The summed E-state index contributed by atoms with van der Waals surface area (Å²) in [6.07, 6.45) is 0.251. The topological polar surface area (TPSA) is 67.9 Å². The molecule has 1 fully saturated rings. The molecule has 1 saturated heterocycles. The molecular weight excluding hydrogens is 296 g/mol. The molecule has 0 radical (unpaired) electrons. The summed E-state index contributed by atoms with van der Waals surface area (Å²) < 4.78 is 10.8. The molecule has 6 nitrogen and oxygen atoms in total. The van der Waals surface area contributed by atoms with Crippen LogP contribution in [0.25, 0.3) is 0 Å². The number of carbonyl (C=O) groups excluding carboxylic acids is 2. The van der Waals surface area contributed by atoms with Gasteiger partial charge in [-0.1, -0.05) is 6.92 Å². The lowest BCUT2D eigenvalue weighted by Crippen LogP contribution is -2.49. The van der Waals surface area contributed by atoms with Crippen LogP contribution in [0.3, 0.4) is 0 Å². The number of morpholine rings is 1. The van der Waals surface area contributed by atoms with Crippen molar-refractivity contribution in [1.29, 1.82) is 0 Å². The number of anilines is 1. The predicted molar refractivity (Wildman–Crippen MR) is 87.5 cm³/mol. The number of amides is 2. The fourth-order valence-electron chi connectivity index (χ4n) is 2.51. The Hall–Kier alpha value is -2.08. The third kappa shape index (κ3) is 4.96. The number of hydrogen-bond donors (Lipinski definition) is 1. The summed E-state index contributed by atoms with van der Waals surface area (Å²) in [6, 6.07) is 7.14. The highest BCUT2D eigenvalue weighted by Crippen LogP contribution is 2.17. The third-order valence-corrected chi connectivity index (χ3v) is 3.58. The van der Waals surface area contributed by atoms with E-state index in [9.17, 15) is 9.59 Å². The summed E-state index contributed by atoms with van der Waals surface area (Å²) in [5, 5.41) is 2.78. The van der Waals surface area contributed by atoms with Gasteiger partial charge < -0.3 is 19.7 Å². The Morgan fingerprint density at radius 2 is 2.09 bits per heavy atom. The summed E-state index contributed by atoms with van der Waals surface area (Å²) in [6.45, 7) is 6.33.